The minimum Gasteiger partial charge on any atom is -0.456 e. The van der Waals surface area contributed by atoms with Crippen molar-refractivity contribution in [1.29, 1.82) is 0 Å². The van der Waals surface area contributed by atoms with E-state index < -0.39 is 18.5 Å². The van der Waals surface area contributed by atoms with Crippen LogP contribution in [0.1, 0.15) is 10.4 Å². The van der Waals surface area contributed by atoms with Crippen LogP contribution >= 0.6 is 23.2 Å². The van der Waals surface area contributed by atoms with Crippen LogP contribution in [-0.4, -0.2) is 18.5 Å². The molecule has 28 heavy (non-hydrogen) atoms. The van der Waals surface area contributed by atoms with Crippen LogP contribution in [0.5, 0.6) is 11.5 Å². The van der Waals surface area contributed by atoms with Crippen molar-refractivity contribution in [3.63, 3.8) is 0 Å². The summed E-state index contributed by atoms with van der Waals surface area (Å²) in [5.74, 6) is -0.291. The molecule has 3 rings (SSSR count). The molecule has 0 radical (unpaired) electrons. The van der Waals surface area contributed by atoms with Crippen molar-refractivity contribution in [1.82, 2.24) is 0 Å². The number of hydrogen-bond acceptors (Lipinski definition) is 4. The Hall–Kier alpha value is -3.02. The van der Waals surface area contributed by atoms with Crippen molar-refractivity contribution >= 4 is 40.8 Å². The fourth-order valence-corrected chi connectivity index (χ4v) is 2.78. The molecule has 142 valence electrons. The first-order valence-corrected chi connectivity index (χ1v) is 9.02. The van der Waals surface area contributed by atoms with Gasteiger partial charge in [-0.1, -0.05) is 53.5 Å². The molecule has 0 aliphatic heterocycles. The molecule has 0 unspecified atom stereocenters. The van der Waals surface area contributed by atoms with Crippen molar-refractivity contribution in [2.75, 3.05) is 11.9 Å². The highest BCUT2D eigenvalue weighted by atomic mass is 35.5. The molecule has 0 fully saturated rings. The average molecular weight is 416 g/mol. The van der Waals surface area contributed by atoms with E-state index >= 15 is 0 Å². The minimum absolute atomic E-state index is 0.212. The van der Waals surface area contributed by atoms with Gasteiger partial charge >= 0.3 is 5.97 Å². The number of rotatable bonds is 6. The Morgan fingerprint density at radius 1 is 0.893 bits per heavy atom. The van der Waals surface area contributed by atoms with Gasteiger partial charge in [-0.3, -0.25) is 4.79 Å². The maximum absolute atomic E-state index is 12.4. The van der Waals surface area contributed by atoms with Gasteiger partial charge in [0.2, 0.25) is 0 Å². The Bertz CT molecular complexity index is 993. The maximum atomic E-state index is 12.4. The van der Waals surface area contributed by atoms with Crippen LogP contribution in [-0.2, 0) is 9.53 Å². The zero-order valence-corrected chi connectivity index (χ0v) is 16.0. The van der Waals surface area contributed by atoms with Crippen molar-refractivity contribution in [3.8, 4) is 11.5 Å². The second-order valence-corrected chi connectivity index (χ2v) is 6.50. The third kappa shape index (κ3) is 5.25. The van der Waals surface area contributed by atoms with Crippen molar-refractivity contribution in [2.24, 2.45) is 0 Å². The normalized spacial score (nSPS) is 10.2. The molecule has 5 nitrogen and oxygen atoms in total. The summed E-state index contributed by atoms with van der Waals surface area (Å²) in [6.45, 7) is -0.475. The third-order valence-corrected chi connectivity index (χ3v) is 4.17. The van der Waals surface area contributed by atoms with Gasteiger partial charge in [-0.2, -0.15) is 0 Å². The van der Waals surface area contributed by atoms with Crippen LogP contribution in [0.2, 0.25) is 10.0 Å². The Morgan fingerprint density at radius 2 is 1.61 bits per heavy atom. The highest BCUT2D eigenvalue weighted by Crippen LogP contribution is 2.26. The van der Waals surface area contributed by atoms with E-state index in [2.05, 4.69) is 5.32 Å². The minimum atomic E-state index is -0.677. The lowest BCUT2D eigenvalue weighted by molar-refractivity contribution is -0.119. The first-order valence-electron chi connectivity index (χ1n) is 8.27. The number of carbonyl (C=O) groups is 2. The Morgan fingerprint density at radius 3 is 2.36 bits per heavy atom. The zero-order chi connectivity index (χ0) is 19.9. The van der Waals surface area contributed by atoms with Gasteiger partial charge in [0.25, 0.3) is 5.91 Å². The largest absolute Gasteiger partial charge is 0.456 e. The number of halogens is 2. The molecule has 0 atom stereocenters. The van der Waals surface area contributed by atoms with Crippen molar-refractivity contribution in [3.05, 3.63) is 88.4 Å². The fourth-order valence-electron chi connectivity index (χ4n) is 2.33. The molecule has 3 aromatic rings. The van der Waals surface area contributed by atoms with Gasteiger partial charge in [0.1, 0.15) is 17.1 Å². The van der Waals surface area contributed by atoms with E-state index in [1.54, 1.807) is 48.5 Å². The van der Waals surface area contributed by atoms with Crippen LogP contribution < -0.4 is 10.1 Å². The summed E-state index contributed by atoms with van der Waals surface area (Å²) >= 11 is 11.8. The lowest BCUT2D eigenvalue weighted by Crippen LogP contribution is -2.21. The first-order chi connectivity index (χ1) is 13.5. The number of anilines is 1. The van der Waals surface area contributed by atoms with Crippen LogP contribution in [0.25, 0.3) is 0 Å². The smallest absolute Gasteiger partial charge is 0.342 e. The Labute approximate surface area is 171 Å². The highest BCUT2D eigenvalue weighted by molar-refractivity contribution is 6.36. The number of para-hydroxylation sites is 2. The van der Waals surface area contributed by atoms with Gasteiger partial charge in [0.15, 0.2) is 6.61 Å². The summed E-state index contributed by atoms with van der Waals surface area (Å²) < 4.78 is 10.8. The number of ether oxygens (including phenoxy) is 2. The number of carbonyl (C=O) groups excluding carboxylic acids is 2. The molecule has 0 aliphatic carbocycles. The lowest BCUT2D eigenvalue weighted by Gasteiger charge is -2.11. The third-order valence-electron chi connectivity index (χ3n) is 3.62. The molecular formula is C21H15Cl2NO4. The second kappa shape index (κ2) is 9.26. The Balaban J connectivity index is 1.62. The van der Waals surface area contributed by atoms with Crippen LogP contribution in [0, 0.1) is 0 Å². The summed E-state index contributed by atoms with van der Waals surface area (Å²) in [5, 5.41) is 3.30. The van der Waals surface area contributed by atoms with E-state index in [9.17, 15) is 9.59 Å². The van der Waals surface area contributed by atoms with Gasteiger partial charge in [0.05, 0.1) is 10.7 Å². The SMILES string of the molecule is O=C(COC(=O)c1ccccc1Oc1ccccc1)Nc1ccc(Cl)cc1Cl. The second-order valence-electron chi connectivity index (χ2n) is 5.66. The first kappa shape index (κ1) is 19.7. The van der Waals surface area contributed by atoms with E-state index in [0.29, 0.717) is 22.2 Å². The van der Waals surface area contributed by atoms with E-state index in [0.717, 1.165) is 0 Å². The fraction of sp³-hybridized carbons (Fsp3) is 0.0476. The Kier molecular flexibility index (Phi) is 6.53. The highest BCUT2D eigenvalue weighted by Gasteiger charge is 2.16. The van der Waals surface area contributed by atoms with Crippen molar-refractivity contribution < 1.29 is 19.1 Å². The predicted octanol–water partition coefficient (Wildman–Crippen LogP) is 5.58. The van der Waals surface area contributed by atoms with Gasteiger partial charge in [-0.05, 0) is 42.5 Å². The molecule has 0 spiro atoms. The molecule has 1 N–H and O–H groups in total. The number of hydrogen-bond donors (Lipinski definition) is 1. The predicted molar refractivity (Wildman–Crippen MR) is 108 cm³/mol. The van der Waals surface area contributed by atoms with Crippen LogP contribution in [0.4, 0.5) is 5.69 Å². The molecule has 3 aromatic carbocycles. The van der Waals surface area contributed by atoms with E-state index in [1.165, 1.54) is 6.07 Å². The van der Waals surface area contributed by atoms with Gasteiger partial charge < -0.3 is 14.8 Å². The average Bonchev–Trinajstić information content (AvgIpc) is 2.69. The summed E-state index contributed by atoms with van der Waals surface area (Å²) in [6, 6.07) is 20.3. The van der Waals surface area contributed by atoms with E-state index in [4.69, 9.17) is 32.7 Å². The molecule has 0 aromatic heterocycles. The molecule has 0 saturated carbocycles. The quantitative estimate of drug-likeness (QED) is 0.533. The number of nitrogens with one attached hydrogen (secondary N) is 1. The lowest BCUT2D eigenvalue weighted by atomic mass is 10.2. The number of benzene rings is 3. The molecule has 0 aliphatic rings. The molecule has 7 heteroatoms. The van der Waals surface area contributed by atoms with Gasteiger partial charge in [-0.25, -0.2) is 4.79 Å². The molecule has 1 amide bonds. The molecule has 0 bridgehead atoms. The monoisotopic (exact) mass is 415 g/mol. The summed E-state index contributed by atoms with van der Waals surface area (Å²) in [7, 11) is 0. The zero-order valence-electron chi connectivity index (χ0n) is 14.5. The summed E-state index contributed by atoms with van der Waals surface area (Å²) in [4.78, 5) is 24.4. The van der Waals surface area contributed by atoms with Crippen molar-refractivity contribution in [2.45, 2.75) is 0 Å². The number of amides is 1. The van der Waals surface area contributed by atoms with E-state index in [-0.39, 0.29) is 10.6 Å². The number of esters is 1. The molecule has 0 heterocycles. The van der Waals surface area contributed by atoms with Crippen LogP contribution in [0.15, 0.2) is 72.8 Å². The van der Waals surface area contributed by atoms with Crippen LogP contribution in [0.3, 0.4) is 0 Å². The molecule has 0 saturated heterocycles. The maximum Gasteiger partial charge on any atom is 0.342 e. The summed E-state index contributed by atoms with van der Waals surface area (Å²) in [5.41, 5.74) is 0.587. The topological polar surface area (TPSA) is 64.6 Å². The van der Waals surface area contributed by atoms with Gasteiger partial charge in [-0.15, -0.1) is 0 Å². The molecular weight excluding hydrogens is 401 g/mol. The summed E-state index contributed by atoms with van der Waals surface area (Å²) in [6.07, 6.45) is 0. The van der Waals surface area contributed by atoms with Gasteiger partial charge in [0, 0.05) is 5.02 Å². The van der Waals surface area contributed by atoms with E-state index in [1.807, 2.05) is 18.2 Å². The standard InChI is InChI=1S/C21H15Cl2NO4/c22-14-10-11-18(17(23)12-14)24-20(25)13-27-21(26)16-8-4-5-9-19(16)28-15-6-2-1-3-7-15/h1-12H,13H2,(H,24,25).